The van der Waals surface area contributed by atoms with Crippen LogP contribution in [0.4, 0.5) is 10.7 Å². The van der Waals surface area contributed by atoms with E-state index in [1.807, 2.05) is 6.07 Å². The third-order valence-corrected chi connectivity index (χ3v) is 5.18. The van der Waals surface area contributed by atoms with Crippen LogP contribution in [0.5, 0.6) is 0 Å². The Morgan fingerprint density at radius 1 is 1.10 bits per heavy atom. The van der Waals surface area contributed by atoms with Crippen LogP contribution < -0.4 is 5.32 Å². The first kappa shape index (κ1) is 21.7. The van der Waals surface area contributed by atoms with E-state index in [2.05, 4.69) is 5.32 Å². The van der Waals surface area contributed by atoms with E-state index in [4.69, 9.17) is 4.74 Å². The topological polar surface area (TPSA) is 136 Å². The first-order valence-electron chi connectivity index (χ1n) is 9.01. The minimum Gasteiger partial charge on any atom is -0.477 e. The number of hydrogen-bond donors (Lipinski definition) is 2. The van der Waals surface area contributed by atoms with Gasteiger partial charge in [0, 0.05) is 17.0 Å². The van der Waals surface area contributed by atoms with Crippen LogP contribution in [0.15, 0.2) is 53.9 Å². The van der Waals surface area contributed by atoms with Crippen molar-refractivity contribution in [3.63, 3.8) is 0 Å². The van der Waals surface area contributed by atoms with Crippen LogP contribution in [0.1, 0.15) is 38.0 Å². The van der Waals surface area contributed by atoms with Gasteiger partial charge in [-0.05, 0) is 18.6 Å². The Balaban J connectivity index is 2.06. The normalized spacial score (nSPS) is 10.4. The second kappa shape index (κ2) is 9.18. The van der Waals surface area contributed by atoms with Crippen molar-refractivity contribution in [3.8, 4) is 11.1 Å². The van der Waals surface area contributed by atoms with Crippen LogP contribution in [-0.4, -0.2) is 34.5 Å². The Labute approximate surface area is 180 Å². The molecule has 0 bridgehead atoms. The van der Waals surface area contributed by atoms with Crippen LogP contribution in [0.25, 0.3) is 11.1 Å². The van der Waals surface area contributed by atoms with Crippen molar-refractivity contribution in [1.29, 1.82) is 0 Å². The van der Waals surface area contributed by atoms with Gasteiger partial charge in [0.05, 0.1) is 17.1 Å². The number of esters is 1. The number of aromatic carboxylic acids is 1. The lowest BCUT2D eigenvalue weighted by Crippen LogP contribution is -2.19. The average molecular weight is 440 g/mol. The maximum atomic E-state index is 12.9. The molecule has 0 saturated carbocycles. The summed E-state index contributed by atoms with van der Waals surface area (Å²) in [5, 5.41) is 24.9. The second-order valence-electron chi connectivity index (χ2n) is 6.16. The van der Waals surface area contributed by atoms with Crippen molar-refractivity contribution in [2.45, 2.75) is 6.92 Å². The minimum atomic E-state index is -1.61. The number of benzene rings is 2. The van der Waals surface area contributed by atoms with Gasteiger partial charge in [-0.3, -0.25) is 14.9 Å². The Kier molecular flexibility index (Phi) is 6.41. The first-order valence-corrected chi connectivity index (χ1v) is 9.89. The number of nitro groups is 1. The highest BCUT2D eigenvalue weighted by molar-refractivity contribution is 7.15. The molecule has 31 heavy (non-hydrogen) atoms. The highest BCUT2D eigenvalue weighted by Gasteiger charge is 2.29. The molecule has 0 radical (unpaired) electrons. The summed E-state index contributed by atoms with van der Waals surface area (Å²) in [7, 11) is 0. The molecular formula is C21H16N2O7S. The summed E-state index contributed by atoms with van der Waals surface area (Å²) in [6.45, 7) is 1.76. The Bertz CT molecular complexity index is 1170. The lowest BCUT2D eigenvalue weighted by atomic mass is 10.0. The molecule has 0 aliphatic carbocycles. The van der Waals surface area contributed by atoms with Gasteiger partial charge in [-0.1, -0.05) is 36.4 Å². The number of ether oxygens (including phenoxy) is 1. The molecule has 10 heteroatoms. The number of hydrogen-bond acceptors (Lipinski definition) is 7. The maximum absolute atomic E-state index is 12.9. The van der Waals surface area contributed by atoms with Crippen LogP contribution >= 0.6 is 11.3 Å². The maximum Gasteiger partial charge on any atom is 0.343 e. The molecule has 3 rings (SSSR count). The number of rotatable bonds is 7. The number of nitro benzene ring substituents is 1. The minimum absolute atomic E-state index is 0.115. The quantitative estimate of drug-likeness (QED) is 0.315. The number of amides is 1. The third kappa shape index (κ3) is 4.43. The van der Waals surface area contributed by atoms with E-state index in [-0.39, 0.29) is 17.2 Å². The zero-order valence-corrected chi connectivity index (χ0v) is 17.0. The number of carboxylic acid groups (broad SMARTS) is 1. The molecule has 158 valence electrons. The van der Waals surface area contributed by atoms with Crippen LogP contribution in [-0.2, 0) is 4.74 Å². The SMILES string of the molecule is CCOC(=O)c1c(-c2ccccc2)csc1NC(=O)c1cccc([N+](=O)[O-])c1C(=O)O. The molecule has 0 saturated heterocycles. The summed E-state index contributed by atoms with van der Waals surface area (Å²) in [6.07, 6.45) is 0. The van der Waals surface area contributed by atoms with E-state index >= 15 is 0 Å². The number of nitrogens with zero attached hydrogens (tertiary/aromatic N) is 1. The molecule has 9 nitrogen and oxygen atoms in total. The van der Waals surface area contributed by atoms with Crippen LogP contribution in [0.2, 0.25) is 0 Å². The summed E-state index contributed by atoms with van der Waals surface area (Å²) >= 11 is 1.06. The fourth-order valence-electron chi connectivity index (χ4n) is 2.96. The Hall–Kier alpha value is -4.05. The largest absolute Gasteiger partial charge is 0.477 e. The summed E-state index contributed by atoms with van der Waals surface area (Å²) < 4.78 is 5.12. The van der Waals surface area contributed by atoms with Gasteiger partial charge < -0.3 is 15.2 Å². The Morgan fingerprint density at radius 3 is 2.42 bits per heavy atom. The molecule has 1 amide bonds. The summed E-state index contributed by atoms with van der Waals surface area (Å²) in [4.78, 5) is 47.4. The number of carboxylic acids is 1. The lowest BCUT2D eigenvalue weighted by Gasteiger charge is -2.10. The predicted molar refractivity (Wildman–Crippen MR) is 114 cm³/mol. The summed E-state index contributed by atoms with van der Waals surface area (Å²) in [6, 6.07) is 12.4. The van der Waals surface area contributed by atoms with Crippen molar-refractivity contribution < 1.29 is 29.2 Å². The van der Waals surface area contributed by atoms with Crippen molar-refractivity contribution in [3.05, 3.63) is 80.7 Å². The van der Waals surface area contributed by atoms with Gasteiger partial charge in [0.1, 0.15) is 16.1 Å². The monoisotopic (exact) mass is 440 g/mol. The van der Waals surface area contributed by atoms with E-state index < -0.39 is 39.6 Å². The van der Waals surface area contributed by atoms with Crippen molar-refractivity contribution >= 4 is 39.9 Å². The highest BCUT2D eigenvalue weighted by Crippen LogP contribution is 2.36. The van der Waals surface area contributed by atoms with Crippen molar-refractivity contribution in [2.75, 3.05) is 11.9 Å². The number of carbonyl (C=O) groups is 3. The molecular weight excluding hydrogens is 424 g/mol. The highest BCUT2D eigenvalue weighted by atomic mass is 32.1. The van der Waals surface area contributed by atoms with Gasteiger partial charge in [-0.2, -0.15) is 0 Å². The molecule has 0 unspecified atom stereocenters. The molecule has 2 aromatic carbocycles. The zero-order chi connectivity index (χ0) is 22.5. The van der Waals surface area contributed by atoms with Crippen LogP contribution in [0, 0.1) is 10.1 Å². The number of carbonyl (C=O) groups excluding carboxylic acids is 2. The molecule has 3 aromatic rings. The van der Waals surface area contributed by atoms with Gasteiger partial charge in [0.15, 0.2) is 0 Å². The fraction of sp³-hybridized carbons (Fsp3) is 0.0952. The van der Waals surface area contributed by atoms with E-state index in [1.54, 1.807) is 36.6 Å². The molecule has 0 aliphatic rings. The summed E-state index contributed by atoms with van der Waals surface area (Å²) in [5.74, 6) is -3.16. The average Bonchev–Trinajstić information content (AvgIpc) is 3.17. The van der Waals surface area contributed by atoms with E-state index in [0.717, 1.165) is 23.0 Å². The summed E-state index contributed by atoms with van der Waals surface area (Å²) in [5.41, 5.74) is -0.454. The smallest absolute Gasteiger partial charge is 0.343 e. The number of anilines is 1. The number of thiophene rings is 1. The van der Waals surface area contributed by atoms with E-state index in [9.17, 15) is 29.6 Å². The Morgan fingerprint density at radius 2 is 1.81 bits per heavy atom. The molecule has 2 N–H and O–H groups in total. The van der Waals surface area contributed by atoms with Crippen molar-refractivity contribution in [2.24, 2.45) is 0 Å². The number of nitrogens with one attached hydrogen (secondary N) is 1. The van der Waals surface area contributed by atoms with E-state index in [1.165, 1.54) is 12.1 Å². The molecule has 0 fully saturated rings. The molecule has 0 aliphatic heterocycles. The van der Waals surface area contributed by atoms with Gasteiger partial charge in [0.25, 0.3) is 11.6 Å². The molecule has 1 aromatic heterocycles. The zero-order valence-electron chi connectivity index (χ0n) is 16.2. The van der Waals surface area contributed by atoms with Crippen molar-refractivity contribution in [1.82, 2.24) is 0 Å². The standard InChI is InChI=1S/C21H16N2O7S/c1-2-30-21(27)17-14(12-7-4-3-5-8-12)11-31-19(17)22-18(24)13-9-6-10-15(23(28)29)16(13)20(25)26/h3-11H,2H2,1H3,(H,22,24)(H,25,26). The first-order chi connectivity index (χ1) is 14.8. The lowest BCUT2D eigenvalue weighted by molar-refractivity contribution is -0.385. The van der Waals surface area contributed by atoms with Gasteiger partial charge >= 0.3 is 11.9 Å². The van der Waals surface area contributed by atoms with Gasteiger partial charge in [-0.15, -0.1) is 11.3 Å². The second-order valence-corrected chi connectivity index (χ2v) is 7.04. The van der Waals surface area contributed by atoms with E-state index in [0.29, 0.717) is 5.56 Å². The molecule has 0 spiro atoms. The van der Waals surface area contributed by atoms with Gasteiger partial charge in [-0.25, -0.2) is 9.59 Å². The fourth-order valence-corrected chi connectivity index (χ4v) is 3.92. The van der Waals surface area contributed by atoms with Gasteiger partial charge in [0.2, 0.25) is 0 Å². The van der Waals surface area contributed by atoms with Crippen LogP contribution in [0.3, 0.4) is 0 Å². The third-order valence-electron chi connectivity index (χ3n) is 4.28. The molecule has 1 heterocycles. The molecule has 0 atom stereocenters. The predicted octanol–water partition coefficient (Wildman–Crippen LogP) is 4.45.